The zero-order valence-corrected chi connectivity index (χ0v) is 8.82. The van der Waals surface area contributed by atoms with Gasteiger partial charge in [-0.05, 0) is 19.1 Å². The van der Waals surface area contributed by atoms with Crippen LogP contribution in [0.2, 0.25) is 5.15 Å². The van der Waals surface area contributed by atoms with E-state index in [1.165, 1.54) is 4.52 Å². The van der Waals surface area contributed by atoms with E-state index in [2.05, 4.69) is 10.1 Å². The third-order valence-electron chi connectivity index (χ3n) is 2.07. The Hall–Kier alpha value is -1.46. The van der Waals surface area contributed by atoms with Gasteiger partial charge in [-0.1, -0.05) is 11.6 Å². The van der Waals surface area contributed by atoms with Gasteiger partial charge in [0, 0.05) is 0 Å². The van der Waals surface area contributed by atoms with Crippen LogP contribution in [0.5, 0.6) is 0 Å². The van der Waals surface area contributed by atoms with Crippen molar-refractivity contribution in [3.63, 3.8) is 0 Å². The van der Waals surface area contributed by atoms with Gasteiger partial charge in [0.2, 0.25) is 0 Å². The molecule has 78 valence electrons. The lowest BCUT2D eigenvalue weighted by Gasteiger charge is -1.98. The van der Waals surface area contributed by atoms with Crippen LogP contribution in [0.15, 0.2) is 12.1 Å². The van der Waals surface area contributed by atoms with Gasteiger partial charge in [0.15, 0.2) is 11.4 Å². The molecule has 2 heterocycles. The first-order valence-electron chi connectivity index (χ1n) is 4.38. The van der Waals surface area contributed by atoms with Crippen LogP contribution in [-0.2, 0) is 0 Å². The van der Waals surface area contributed by atoms with Crippen LogP contribution in [0.4, 0.5) is 0 Å². The summed E-state index contributed by atoms with van der Waals surface area (Å²) in [4.78, 5) is 15.7. The molecular weight excluding hydrogens is 216 g/mol. The summed E-state index contributed by atoms with van der Waals surface area (Å²) in [5, 5.41) is 4.32. The van der Waals surface area contributed by atoms with Crippen molar-refractivity contribution in [2.24, 2.45) is 5.73 Å². The lowest BCUT2D eigenvalue weighted by molar-refractivity contribution is 0.0994. The molecule has 0 saturated carbocycles. The van der Waals surface area contributed by atoms with E-state index in [4.69, 9.17) is 17.3 Å². The van der Waals surface area contributed by atoms with E-state index in [1.807, 2.05) is 0 Å². The molecule has 2 rings (SSSR count). The zero-order valence-electron chi connectivity index (χ0n) is 8.07. The van der Waals surface area contributed by atoms with Gasteiger partial charge >= 0.3 is 0 Å². The first-order chi connectivity index (χ1) is 7.13. The number of Topliss-reactive ketones (excluding diaryl/α,β-unsaturated/α-hetero) is 1. The molecule has 5 nitrogen and oxygen atoms in total. The van der Waals surface area contributed by atoms with Crippen molar-refractivity contribution in [2.45, 2.75) is 6.92 Å². The Morgan fingerprint density at radius 2 is 2.33 bits per heavy atom. The molecular formula is C9H9ClN4O. The maximum absolute atomic E-state index is 11.6. The lowest BCUT2D eigenvalue weighted by Crippen LogP contribution is -2.17. The van der Waals surface area contributed by atoms with Gasteiger partial charge in [-0.3, -0.25) is 4.79 Å². The van der Waals surface area contributed by atoms with E-state index in [0.29, 0.717) is 22.2 Å². The van der Waals surface area contributed by atoms with Gasteiger partial charge in [0.25, 0.3) is 0 Å². The van der Waals surface area contributed by atoms with Crippen LogP contribution in [0.3, 0.4) is 0 Å². The van der Waals surface area contributed by atoms with E-state index in [-0.39, 0.29) is 12.3 Å². The fraction of sp³-hybridized carbons (Fsp3) is 0.222. The number of ketones is 1. The highest BCUT2D eigenvalue weighted by atomic mass is 35.5. The van der Waals surface area contributed by atoms with Crippen LogP contribution in [0.25, 0.3) is 5.65 Å². The maximum atomic E-state index is 11.6. The first-order valence-corrected chi connectivity index (χ1v) is 4.76. The number of nitrogens with two attached hydrogens (primary N) is 1. The van der Waals surface area contributed by atoms with Crippen molar-refractivity contribution in [3.05, 3.63) is 28.7 Å². The third kappa shape index (κ3) is 1.60. The van der Waals surface area contributed by atoms with Gasteiger partial charge in [-0.25, -0.2) is 9.50 Å². The Morgan fingerprint density at radius 3 is 3.00 bits per heavy atom. The quantitative estimate of drug-likeness (QED) is 0.767. The second kappa shape index (κ2) is 3.60. The van der Waals surface area contributed by atoms with Gasteiger partial charge in [-0.2, -0.15) is 5.10 Å². The number of carbonyl (C=O) groups is 1. The molecule has 0 unspecified atom stereocenters. The molecule has 0 aliphatic heterocycles. The topological polar surface area (TPSA) is 73.3 Å². The lowest BCUT2D eigenvalue weighted by atomic mass is 10.2. The van der Waals surface area contributed by atoms with Crippen molar-refractivity contribution in [2.75, 3.05) is 6.54 Å². The molecule has 0 atom stereocenters. The number of aromatic nitrogens is 3. The monoisotopic (exact) mass is 224 g/mol. The Morgan fingerprint density at radius 1 is 1.60 bits per heavy atom. The number of hydrogen-bond acceptors (Lipinski definition) is 4. The molecule has 2 aromatic heterocycles. The molecule has 0 aromatic carbocycles. The molecule has 2 N–H and O–H groups in total. The van der Waals surface area contributed by atoms with Crippen LogP contribution in [-0.4, -0.2) is 26.9 Å². The van der Waals surface area contributed by atoms with Gasteiger partial charge < -0.3 is 5.73 Å². The van der Waals surface area contributed by atoms with Crippen LogP contribution in [0.1, 0.15) is 16.2 Å². The number of nitrogens with zero attached hydrogens (tertiary/aromatic N) is 3. The fourth-order valence-corrected chi connectivity index (χ4v) is 1.58. The molecule has 0 saturated heterocycles. The Bertz CT molecular complexity index is 534. The SMILES string of the molecule is Cc1nc2ccc(Cl)nn2c1C(=O)CN. The van der Waals surface area contributed by atoms with E-state index in [1.54, 1.807) is 19.1 Å². The summed E-state index contributed by atoms with van der Waals surface area (Å²) in [6, 6.07) is 3.33. The summed E-state index contributed by atoms with van der Waals surface area (Å²) in [6.45, 7) is 1.67. The van der Waals surface area contributed by atoms with E-state index in [9.17, 15) is 4.79 Å². The second-order valence-corrected chi connectivity index (χ2v) is 3.49. The average molecular weight is 225 g/mol. The van der Waals surface area contributed by atoms with Crippen LogP contribution < -0.4 is 5.73 Å². The molecule has 0 aliphatic rings. The van der Waals surface area contributed by atoms with E-state index in [0.717, 1.165) is 0 Å². The van der Waals surface area contributed by atoms with Crippen molar-refractivity contribution in [3.8, 4) is 0 Å². The molecule has 0 fully saturated rings. The van der Waals surface area contributed by atoms with Gasteiger partial charge in [0.05, 0.1) is 12.2 Å². The number of rotatable bonds is 2. The normalized spacial score (nSPS) is 10.9. The smallest absolute Gasteiger partial charge is 0.196 e. The average Bonchev–Trinajstić information content (AvgIpc) is 2.52. The highest BCUT2D eigenvalue weighted by Gasteiger charge is 2.16. The summed E-state index contributed by atoms with van der Waals surface area (Å²) in [5.74, 6) is -0.199. The number of aryl methyl sites for hydroxylation is 1. The molecule has 0 bridgehead atoms. The zero-order chi connectivity index (χ0) is 11.0. The minimum atomic E-state index is -0.199. The largest absolute Gasteiger partial charge is 0.324 e. The number of carbonyl (C=O) groups excluding carboxylic acids is 1. The Kier molecular flexibility index (Phi) is 2.42. The summed E-state index contributed by atoms with van der Waals surface area (Å²) in [5.41, 5.74) is 6.91. The second-order valence-electron chi connectivity index (χ2n) is 3.10. The predicted octanol–water partition coefficient (Wildman–Crippen LogP) is 0.833. The third-order valence-corrected chi connectivity index (χ3v) is 2.27. The minimum Gasteiger partial charge on any atom is -0.324 e. The summed E-state index contributed by atoms with van der Waals surface area (Å²) in [6.07, 6.45) is 0. The highest BCUT2D eigenvalue weighted by molar-refractivity contribution is 6.29. The van der Waals surface area contributed by atoms with Crippen molar-refractivity contribution in [1.29, 1.82) is 0 Å². The fourth-order valence-electron chi connectivity index (χ4n) is 1.44. The van der Waals surface area contributed by atoms with Crippen LogP contribution in [0, 0.1) is 6.92 Å². The molecule has 0 aliphatic carbocycles. The minimum absolute atomic E-state index is 0.0666. The predicted molar refractivity (Wildman–Crippen MR) is 56.1 cm³/mol. The molecule has 15 heavy (non-hydrogen) atoms. The number of imidazole rings is 1. The number of fused-ring (bicyclic) bond motifs is 1. The van der Waals surface area contributed by atoms with Crippen LogP contribution >= 0.6 is 11.6 Å². The Labute approximate surface area is 90.9 Å². The summed E-state index contributed by atoms with van der Waals surface area (Å²) < 4.78 is 1.42. The summed E-state index contributed by atoms with van der Waals surface area (Å²) >= 11 is 5.75. The number of halogens is 1. The van der Waals surface area contributed by atoms with Crippen molar-refractivity contribution >= 4 is 23.0 Å². The van der Waals surface area contributed by atoms with E-state index < -0.39 is 0 Å². The highest BCUT2D eigenvalue weighted by Crippen LogP contribution is 2.13. The molecule has 0 amide bonds. The molecule has 0 spiro atoms. The first kappa shape index (κ1) is 10.1. The summed E-state index contributed by atoms with van der Waals surface area (Å²) in [7, 11) is 0. The van der Waals surface area contributed by atoms with Gasteiger partial charge in [-0.15, -0.1) is 0 Å². The maximum Gasteiger partial charge on any atom is 0.196 e. The molecule has 6 heteroatoms. The Balaban J connectivity index is 2.76. The molecule has 0 radical (unpaired) electrons. The van der Waals surface area contributed by atoms with Crippen molar-refractivity contribution in [1.82, 2.24) is 14.6 Å². The standard InChI is InChI=1S/C9H9ClN4O/c1-5-9(6(15)4-11)14-8(12-5)3-2-7(10)13-14/h2-3H,4,11H2,1H3. The number of hydrogen-bond donors (Lipinski definition) is 1. The van der Waals surface area contributed by atoms with Crippen molar-refractivity contribution < 1.29 is 4.79 Å². The molecule has 2 aromatic rings. The van der Waals surface area contributed by atoms with Gasteiger partial charge in [0.1, 0.15) is 10.8 Å². The van der Waals surface area contributed by atoms with E-state index >= 15 is 0 Å².